The molecule has 1 atom stereocenters. The maximum atomic E-state index is 13.7. The molecular weight excluding hydrogens is 411 g/mol. The number of rotatable bonds is 8. The molecule has 1 fully saturated rings. The van der Waals surface area contributed by atoms with E-state index in [1.165, 1.54) is 23.3 Å². The van der Waals surface area contributed by atoms with Crippen LogP contribution < -0.4 is 10.2 Å². The Morgan fingerprint density at radius 2 is 1.91 bits per heavy atom. The number of ether oxygens (including phenoxy) is 1. The first-order valence-electron chi connectivity index (χ1n) is 10.7. The number of anilines is 1. The molecule has 4 rings (SSSR count). The van der Waals surface area contributed by atoms with Gasteiger partial charge in [-0.25, -0.2) is 4.39 Å². The highest BCUT2D eigenvalue weighted by Gasteiger charge is 2.21. The summed E-state index contributed by atoms with van der Waals surface area (Å²) in [5.74, 6) is -0.575. The SMILES string of the molecule is O=C(Cc1ccc(N(Cc2cccc(F)c2)C(=O)c2ccco2)cc1)NCC1CCCO1. The smallest absolute Gasteiger partial charge is 0.294 e. The molecule has 1 unspecified atom stereocenters. The predicted octanol–water partition coefficient (Wildman–Crippen LogP) is 4.10. The Morgan fingerprint density at radius 3 is 2.59 bits per heavy atom. The van der Waals surface area contributed by atoms with Gasteiger partial charge in [-0.05, 0) is 60.4 Å². The van der Waals surface area contributed by atoms with Crippen molar-refractivity contribution in [1.29, 1.82) is 0 Å². The third-order valence-corrected chi connectivity index (χ3v) is 5.37. The Hall–Kier alpha value is -3.45. The molecule has 0 bridgehead atoms. The molecule has 1 N–H and O–H groups in total. The molecule has 6 nitrogen and oxygen atoms in total. The van der Waals surface area contributed by atoms with Crippen LogP contribution in [0, 0.1) is 5.82 Å². The lowest BCUT2D eigenvalue weighted by molar-refractivity contribution is -0.120. The third-order valence-electron chi connectivity index (χ3n) is 5.37. The van der Waals surface area contributed by atoms with E-state index < -0.39 is 0 Å². The summed E-state index contributed by atoms with van der Waals surface area (Å²) < 4.78 is 24.5. The predicted molar refractivity (Wildman–Crippen MR) is 118 cm³/mol. The summed E-state index contributed by atoms with van der Waals surface area (Å²) in [7, 11) is 0. The number of benzene rings is 2. The number of nitrogens with zero attached hydrogens (tertiary/aromatic N) is 1. The van der Waals surface area contributed by atoms with Gasteiger partial charge in [-0.3, -0.25) is 9.59 Å². The second-order valence-electron chi connectivity index (χ2n) is 7.78. The Morgan fingerprint density at radius 1 is 1.06 bits per heavy atom. The topological polar surface area (TPSA) is 71.8 Å². The largest absolute Gasteiger partial charge is 0.459 e. The van der Waals surface area contributed by atoms with E-state index in [2.05, 4.69) is 5.32 Å². The van der Waals surface area contributed by atoms with Crippen molar-refractivity contribution in [3.63, 3.8) is 0 Å². The number of hydrogen-bond donors (Lipinski definition) is 1. The fourth-order valence-electron chi connectivity index (χ4n) is 3.71. The minimum atomic E-state index is -0.364. The van der Waals surface area contributed by atoms with Crippen LogP contribution in [0.5, 0.6) is 0 Å². The summed E-state index contributed by atoms with van der Waals surface area (Å²) in [5, 5.41) is 2.91. The number of halogens is 1. The zero-order chi connectivity index (χ0) is 22.3. The summed E-state index contributed by atoms with van der Waals surface area (Å²) >= 11 is 0. The van der Waals surface area contributed by atoms with Gasteiger partial charge in [-0.1, -0.05) is 24.3 Å². The van der Waals surface area contributed by atoms with Gasteiger partial charge < -0.3 is 19.4 Å². The lowest BCUT2D eigenvalue weighted by Gasteiger charge is -2.22. The lowest BCUT2D eigenvalue weighted by Crippen LogP contribution is -2.32. The number of nitrogens with one attached hydrogen (secondary N) is 1. The minimum absolute atomic E-state index is 0.0727. The molecule has 0 radical (unpaired) electrons. The second-order valence-corrected chi connectivity index (χ2v) is 7.78. The van der Waals surface area contributed by atoms with E-state index in [1.807, 2.05) is 12.1 Å². The fraction of sp³-hybridized carbons (Fsp3) is 0.280. The van der Waals surface area contributed by atoms with E-state index in [0.29, 0.717) is 17.8 Å². The van der Waals surface area contributed by atoms with E-state index in [1.54, 1.807) is 36.4 Å². The molecule has 0 saturated carbocycles. The van der Waals surface area contributed by atoms with E-state index in [-0.39, 0.29) is 42.5 Å². The Labute approximate surface area is 186 Å². The molecular formula is C25H25FN2O4. The van der Waals surface area contributed by atoms with Gasteiger partial charge >= 0.3 is 0 Å². The van der Waals surface area contributed by atoms with Crippen LogP contribution in [0.3, 0.4) is 0 Å². The molecule has 7 heteroatoms. The van der Waals surface area contributed by atoms with Crippen molar-refractivity contribution in [3.05, 3.63) is 89.6 Å². The zero-order valence-electron chi connectivity index (χ0n) is 17.6. The van der Waals surface area contributed by atoms with Crippen LogP contribution in [0.2, 0.25) is 0 Å². The highest BCUT2D eigenvalue weighted by atomic mass is 19.1. The van der Waals surface area contributed by atoms with Gasteiger partial charge in [0.2, 0.25) is 5.91 Å². The van der Waals surface area contributed by atoms with Gasteiger partial charge in [-0.15, -0.1) is 0 Å². The molecule has 2 amide bonds. The quantitative estimate of drug-likeness (QED) is 0.577. The maximum absolute atomic E-state index is 13.7. The first kappa shape index (κ1) is 21.8. The molecule has 3 aromatic rings. The number of amides is 2. The molecule has 0 spiro atoms. The Bertz CT molecular complexity index is 1040. The van der Waals surface area contributed by atoms with Crippen LogP contribution in [-0.2, 0) is 22.5 Å². The van der Waals surface area contributed by atoms with Crippen LogP contribution in [0.15, 0.2) is 71.3 Å². The van der Waals surface area contributed by atoms with Gasteiger partial charge in [0, 0.05) is 18.8 Å². The number of hydrogen-bond acceptors (Lipinski definition) is 4. The van der Waals surface area contributed by atoms with Crippen LogP contribution in [0.25, 0.3) is 0 Å². The first-order chi connectivity index (χ1) is 15.6. The van der Waals surface area contributed by atoms with Crippen molar-refractivity contribution >= 4 is 17.5 Å². The monoisotopic (exact) mass is 436 g/mol. The van der Waals surface area contributed by atoms with Crippen LogP contribution in [0.1, 0.15) is 34.5 Å². The summed E-state index contributed by atoms with van der Waals surface area (Å²) in [6.07, 6.45) is 3.78. The van der Waals surface area contributed by atoms with Crippen molar-refractivity contribution < 1.29 is 23.1 Å². The van der Waals surface area contributed by atoms with Gasteiger partial charge in [0.05, 0.1) is 25.3 Å². The minimum Gasteiger partial charge on any atom is -0.459 e. The van der Waals surface area contributed by atoms with Crippen molar-refractivity contribution in [2.75, 3.05) is 18.1 Å². The molecule has 166 valence electrons. The number of furan rings is 1. The molecule has 32 heavy (non-hydrogen) atoms. The number of carbonyl (C=O) groups excluding carboxylic acids is 2. The van der Waals surface area contributed by atoms with Gasteiger partial charge in [0.1, 0.15) is 5.82 Å². The van der Waals surface area contributed by atoms with Crippen LogP contribution >= 0.6 is 0 Å². The summed E-state index contributed by atoms with van der Waals surface area (Å²) in [6.45, 7) is 1.46. The molecule has 1 saturated heterocycles. The molecule has 2 heterocycles. The summed E-state index contributed by atoms with van der Waals surface area (Å²) in [6, 6.07) is 16.6. The standard InChI is InChI=1S/C25H25FN2O4/c26-20-5-1-4-19(14-20)17-28(25(30)23-7-3-13-32-23)21-10-8-18(9-11-21)15-24(29)27-16-22-6-2-12-31-22/h1,3-5,7-11,13-14,22H,2,6,12,15-17H2,(H,27,29). The summed E-state index contributed by atoms with van der Waals surface area (Å²) in [5.41, 5.74) is 2.11. The molecule has 1 aliphatic rings. The van der Waals surface area contributed by atoms with Gasteiger partial charge in [-0.2, -0.15) is 0 Å². The highest BCUT2D eigenvalue weighted by Crippen LogP contribution is 2.22. The summed E-state index contributed by atoms with van der Waals surface area (Å²) in [4.78, 5) is 26.8. The zero-order valence-corrected chi connectivity index (χ0v) is 17.6. The average molecular weight is 436 g/mol. The molecule has 0 aliphatic carbocycles. The fourth-order valence-corrected chi connectivity index (χ4v) is 3.71. The average Bonchev–Trinajstić information content (AvgIpc) is 3.51. The van der Waals surface area contributed by atoms with Gasteiger partial charge in [0.25, 0.3) is 5.91 Å². The van der Waals surface area contributed by atoms with Crippen LogP contribution in [0.4, 0.5) is 10.1 Å². The van der Waals surface area contributed by atoms with E-state index in [9.17, 15) is 14.0 Å². The molecule has 1 aliphatic heterocycles. The van der Waals surface area contributed by atoms with Crippen molar-refractivity contribution in [2.45, 2.75) is 31.9 Å². The third kappa shape index (κ3) is 5.62. The normalized spacial score (nSPS) is 15.5. The van der Waals surface area contributed by atoms with E-state index in [4.69, 9.17) is 9.15 Å². The maximum Gasteiger partial charge on any atom is 0.294 e. The van der Waals surface area contributed by atoms with Gasteiger partial charge in [0.15, 0.2) is 5.76 Å². The van der Waals surface area contributed by atoms with Crippen LogP contribution in [-0.4, -0.2) is 31.1 Å². The Balaban J connectivity index is 1.45. The second kappa shape index (κ2) is 10.2. The highest BCUT2D eigenvalue weighted by molar-refractivity contribution is 6.04. The lowest BCUT2D eigenvalue weighted by atomic mass is 10.1. The van der Waals surface area contributed by atoms with Crippen molar-refractivity contribution in [2.24, 2.45) is 0 Å². The van der Waals surface area contributed by atoms with Crippen molar-refractivity contribution in [1.82, 2.24) is 5.32 Å². The molecule has 1 aromatic heterocycles. The first-order valence-corrected chi connectivity index (χ1v) is 10.7. The number of carbonyl (C=O) groups is 2. The van der Waals surface area contributed by atoms with Crippen molar-refractivity contribution in [3.8, 4) is 0 Å². The van der Waals surface area contributed by atoms with E-state index >= 15 is 0 Å². The van der Waals surface area contributed by atoms with E-state index in [0.717, 1.165) is 25.0 Å². The molecule has 2 aromatic carbocycles. The Kier molecular flexibility index (Phi) is 6.97.